The van der Waals surface area contributed by atoms with Crippen molar-refractivity contribution >= 4 is 11.4 Å². The van der Waals surface area contributed by atoms with Gasteiger partial charge in [-0.05, 0) is 13.8 Å². The van der Waals surface area contributed by atoms with Crippen LogP contribution in [0.5, 0.6) is 5.88 Å². The van der Waals surface area contributed by atoms with Crippen LogP contribution in [0.2, 0.25) is 0 Å². The first-order chi connectivity index (χ1) is 5.57. The Morgan fingerprint density at radius 3 is 2.58 bits per heavy atom. The Bertz CT molecular complexity index is 314. The van der Waals surface area contributed by atoms with Crippen LogP contribution in [-0.4, -0.2) is 16.9 Å². The van der Waals surface area contributed by atoms with Crippen molar-refractivity contribution in [1.82, 2.24) is 9.78 Å². The molecule has 0 amide bonds. The van der Waals surface area contributed by atoms with E-state index in [0.717, 1.165) is 11.4 Å². The molecule has 1 aromatic rings. The first kappa shape index (κ1) is 8.64. The van der Waals surface area contributed by atoms with E-state index in [1.807, 2.05) is 13.8 Å². The average Bonchev–Trinajstić information content (AvgIpc) is 2.29. The van der Waals surface area contributed by atoms with Gasteiger partial charge in [0.25, 0.3) is 0 Å². The van der Waals surface area contributed by atoms with Gasteiger partial charge < -0.3 is 10.5 Å². The monoisotopic (exact) mass is 167 g/mol. The van der Waals surface area contributed by atoms with Gasteiger partial charge in [-0.1, -0.05) is 6.58 Å². The number of nitrogen functional groups attached to an aromatic ring is 1. The lowest BCUT2D eigenvalue weighted by molar-refractivity contribution is 0.387. The number of ether oxygens (including phenoxy) is 1. The van der Waals surface area contributed by atoms with Crippen molar-refractivity contribution in [2.75, 3.05) is 12.8 Å². The van der Waals surface area contributed by atoms with E-state index in [2.05, 4.69) is 11.7 Å². The Balaban J connectivity index is 3.29. The number of nitrogens with two attached hydrogens (primary N) is 1. The molecule has 0 aliphatic rings. The van der Waals surface area contributed by atoms with Crippen LogP contribution in [0.4, 0.5) is 5.69 Å². The van der Waals surface area contributed by atoms with Crippen molar-refractivity contribution in [1.29, 1.82) is 0 Å². The number of allylic oxidation sites excluding steroid dienone is 1. The number of rotatable bonds is 2. The van der Waals surface area contributed by atoms with Crippen molar-refractivity contribution in [2.24, 2.45) is 0 Å². The van der Waals surface area contributed by atoms with Crippen molar-refractivity contribution in [3.63, 3.8) is 0 Å². The molecule has 0 radical (unpaired) electrons. The molecule has 4 heteroatoms. The third kappa shape index (κ3) is 1.15. The standard InChI is InChI=1S/C8H13N3O/c1-5(2)11-8(12-4)7(9)6(3)10-11/h1,9H2,2-4H3. The van der Waals surface area contributed by atoms with E-state index in [4.69, 9.17) is 10.5 Å². The molecule has 0 aliphatic carbocycles. The molecule has 1 rings (SSSR count). The Morgan fingerprint density at radius 2 is 2.25 bits per heavy atom. The van der Waals surface area contributed by atoms with E-state index in [1.54, 1.807) is 11.8 Å². The first-order valence-corrected chi connectivity index (χ1v) is 3.63. The van der Waals surface area contributed by atoms with Gasteiger partial charge >= 0.3 is 0 Å². The SMILES string of the molecule is C=C(C)n1nc(C)c(N)c1OC. The summed E-state index contributed by atoms with van der Waals surface area (Å²) in [7, 11) is 1.56. The van der Waals surface area contributed by atoms with Gasteiger partial charge in [0.15, 0.2) is 0 Å². The van der Waals surface area contributed by atoms with Crippen LogP contribution >= 0.6 is 0 Å². The summed E-state index contributed by atoms with van der Waals surface area (Å²) in [6.07, 6.45) is 0. The molecular formula is C8H13N3O. The van der Waals surface area contributed by atoms with E-state index in [-0.39, 0.29) is 0 Å². The number of methoxy groups -OCH3 is 1. The van der Waals surface area contributed by atoms with Crippen LogP contribution in [0.15, 0.2) is 6.58 Å². The normalized spacial score (nSPS) is 9.92. The molecule has 12 heavy (non-hydrogen) atoms. The summed E-state index contributed by atoms with van der Waals surface area (Å²) in [5.41, 5.74) is 7.82. The maximum Gasteiger partial charge on any atom is 0.240 e. The van der Waals surface area contributed by atoms with E-state index in [0.29, 0.717) is 11.6 Å². The summed E-state index contributed by atoms with van der Waals surface area (Å²) in [6, 6.07) is 0. The molecule has 0 aromatic carbocycles. The van der Waals surface area contributed by atoms with Gasteiger partial charge in [-0.2, -0.15) is 5.10 Å². The van der Waals surface area contributed by atoms with Crippen molar-refractivity contribution < 1.29 is 4.74 Å². The molecule has 0 aliphatic heterocycles. The lowest BCUT2D eigenvalue weighted by Gasteiger charge is -2.04. The Labute approximate surface area is 71.6 Å². The zero-order valence-corrected chi connectivity index (χ0v) is 7.59. The van der Waals surface area contributed by atoms with Crippen LogP contribution in [0.3, 0.4) is 0 Å². The summed E-state index contributed by atoms with van der Waals surface area (Å²) >= 11 is 0. The van der Waals surface area contributed by atoms with E-state index in [1.165, 1.54) is 0 Å². The van der Waals surface area contributed by atoms with Crippen LogP contribution in [0.1, 0.15) is 12.6 Å². The van der Waals surface area contributed by atoms with Crippen LogP contribution in [0, 0.1) is 6.92 Å². The Kier molecular flexibility index (Phi) is 2.08. The fraction of sp³-hybridized carbons (Fsp3) is 0.375. The number of aryl methyl sites for hydroxylation is 1. The minimum absolute atomic E-state index is 0.556. The summed E-state index contributed by atoms with van der Waals surface area (Å²) in [4.78, 5) is 0. The van der Waals surface area contributed by atoms with E-state index in [9.17, 15) is 0 Å². The molecule has 0 saturated heterocycles. The van der Waals surface area contributed by atoms with Crippen LogP contribution < -0.4 is 10.5 Å². The Hall–Kier alpha value is -1.45. The van der Waals surface area contributed by atoms with Gasteiger partial charge in [-0.15, -0.1) is 0 Å². The second-order valence-corrected chi connectivity index (χ2v) is 2.66. The van der Waals surface area contributed by atoms with Crippen molar-refractivity contribution in [3.8, 4) is 5.88 Å². The summed E-state index contributed by atoms with van der Waals surface area (Å²) in [5.74, 6) is 0.556. The van der Waals surface area contributed by atoms with Gasteiger partial charge in [0, 0.05) is 5.70 Å². The average molecular weight is 167 g/mol. The lowest BCUT2D eigenvalue weighted by atomic mass is 10.4. The zero-order chi connectivity index (χ0) is 9.30. The fourth-order valence-electron chi connectivity index (χ4n) is 0.973. The van der Waals surface area contributed by atoms with Gasteiger partial charge in [0.1, 0.15) is 5.69 Å². The minimum Gasteiger partial charge on any atom is -0.479 e. The molecule has 0 fully saturated rings. The molecule has 0 bridgehead atoms. The van der Waals surface area contributed by atoms with Gasteiger partial charge in [0.2, 0.25) is 5.88 Å². The minimum atomic E-state index is 0.556. The number of nitrogens with zero attached hydrogens (tertiary/aromatic N) is 2. The highest BCUT2D eigenvalue weighted by Gasteiger charge is 2.12. The van der Waals surface area contributed by atoms with Crippen LogP contribution in [0.25, 0.3) is 5.70 Å². The molecule has 0 saturated carbocycles. The lowest BCUT2D eigenvalue weighted by Crippen LogP contribution is -1.99. The number of hydrogen-bond acceptors (Lipinski definition) is 3. The topological polar surface area (TPSA) is 53.1 Å². The van der Waals surface area contributed by atoms with Gasteiger partial charge in [-0.25, -0.2) is 4.68 Å². The molecule has 0 unspecified atom stereocenters. The smallest absolute Gasteiger partial charge is 0.240 e. The molecule has 1 heterocycles. The quantitative estimate of drug-likeness (QED) is 0.721. The number of anilines is 1. The highest BCUT2D eigenvalue weighted by molar-refractivity contribution is 5.57. The Morgan fingerprint density at radius 1 is 1.67 bits per heavy atom. The second kappa shape index (κ2) is 2.89. The van der Waals surface area contributed by atoms with Gasteiger partial charge in [-0.3, -0.25) is 0 Å². The third-order valence-corrected chi connectivity index (χ3v) is 1.62. The maximum atomic E-state index is 5.70. The van der Waals surface area contributed by atoms with Gasteiger partial charge in [0.05, 0.1) is 12.8 Å². The zero-order valence-electron chi connectivity index (χ0n) is 7.59. The molecule has 1 aromatic heterocycles. The number of aromatic nitrogens is 2. The van der Waals surface area contributed by atoms with Crippen LogP contribution in [-0.2, 0) is 0 Å². The molecular weight excluding hydrogens is 154 g/mol. The van der Waals surface area contributed by atoms with Crippen molar-refractivity contribution in [2.45, 2.75) is 13.8 Å². The molecule has 4 nitrogen and oxygen atoms in total. The van der Waals surface area contributed by atoms with Crippen molar-refractivity contribution in [3.05, 3.63) is 12.3 Å². The predicted octanol–water partition coefficient (Wildman–Crippen LogP) is 1.27. The summed E-state index contributed by atoms with van der Waals surface area (Å²) in [5, 5.41) is 4.15. The molecule has 0 spiro atoms. The molecule has 66 valence electrons. The predicted molar refractivity (Wildman–Crippen MR) is 48.9 cm³/mol. The third-order valence-electron chi connectivity index (χ3n) is 1.62. The fourth-order valence-corrected chi connectivity index (χ4v) is 0.973. The first-order valence-electron chi connectivity index (χ1n) is 3.63. The summed E-state index contributed by atoms with van der Waals surface area (Å²) < 4.78 is 6.66. The molecule has 0 atom stereocenters. The van der Waals surface area contributed by atoms with E-state index >= 15 is 0 Å². The summed E-state index contributed by atoms with van der Waals surface area (Å²) in [6.45, 7) is 7.43. The second-order valence-electron chi connectivity index (χ2n) is 2.66. The van der Waals surface area contributed by atoms with E-state index < -0.39 is 0 Å². The highest BCUT2D eigenvalue weighted by Crippen LogP contribution is 2.26. The highest BCUT2D eigenvalue weighted by atomic mass is 16.5. The molecule has 2 N–H and O–H groups in total. The largest absolute Gasteiger partial charge is 0.479 e. The maximum absolute atomic E-state index is 5.70. The number of hydrogen-bond donors (Lipinski definition) is 1.